The standard InChI is InChI=1S/C12H14ClN3OS/c13-8-3-5-9(6-4-8)15-12(18)16-7-1-2-10(16)11(14)17/h3-6,10H,1-2,7H2,(H2,14,17)(H,15,18)/t10-/m1/s1. The highest BCUT2D eigenvalue weighted by Gasteiger charge is 2.30. The molecule has 96 valence electrons. The van der Waals surface area contributed by atoms with Gasteiger partial charge >= 0.3 is 0 Å². The number of hydrogen-bond donors (Lipinski definition) is 2. The molecule has 1 heterocycles. The molecule has 0 aromatic heterocycles. The molecule has 1 aliphatic rings. The minimum atomic E-state index is -0.326. The van der Waals surface area contributed by atoms with Gasteiger partial charge in [0, 0.05) is 17.3 Å². The summed E-state index contributed by atoms with van der Waals surface area (Å²) in [7, 11) is 0. The Hall–Kier alpha value is -1.33. The number of anilines is 1. The molecule has 0 unspecified atom stereocenters. The van der Waals surface area contributed by atoms with Crippen LogP contribution < -0.4 is 11.1 Å². The second kappa shape index (κ2) is 5.54. The maximum Gasteiger partial charge on any atom is 0.240 e. The highest BCUT2D eigenvalue weighted by Crippen LogP contribution is 2.19. The Morgan fingerprint density at radius 3 is 2.72 bits per heavy atom. The minimum absolute atomic E-state index is 0.294. The van der Waals surface area contributed by atoms with Crippen LogP contribution in [0.2, 0.25) is 5.02 Å². The fourth-order valence-corrected chi connectivity index (χ4v) is 2.50. The lowest BCUT2D eigenvalue weighted by molar-refractivity contribution is -0.121. The predicted molar refractivity (Wildman–Crippen MR) is 76.6 cm³/mol. The Labute approximate surface area is 116 Å². The zero-order chi connectivity index (χ0) is 13.1. The van der Waals surface area contributed by atoms with Gasteiger partial charge in [-0.15, -0.1) is 0 Å². The van der Waals surface area contributed by atoms with Gasteiger partial charge in [0.15, 0.2) is 5.11 Å². The number of likely N-dealkylation sites (tertiary alicyclic amines) is 1. The second-order valence-corrected chi connectivity index (χ2v) is 5.01. The van der Waals surface area contributed by atoms with Gasteiger partial charge in [0.2, 0.25) is 5.91 Å². The highest BCUT2D eigenvalue weighted by atomic mass is 35.5. The summed E-state index contributed by atoms with van der Waals surface area (Å²) in [6, 6.07) is 6.94. The number of benzene rings is 1. The summed E-state index contributed by atoms with van der Waals surface area (Å²) in [4.78, 5) is 13.1. The largest absolute Gasteiger partial charge is 0.368 e. The van der Waals surface area contributed by atoms with Crippen molar-refractivity contribution < 1.29 is 4.79 Å². The molecule has 1 fully saturated rings. The third-order valence-electron chi connectivity index (χ3n) is 2.94. The molecule has 3 N–H and O–H groups in total. The Kier molecular flexibility index (Phi) is 4.04. The molecule has 0 bridgehead atoms. The Morgan fingerprint density at radius 2 is 2.11 bits per heavy atom. The number of nitrogens with two attached hydrogens (primary N) is 1. The monoisotopic (exact) mass is 283 g/mol. The molecule has 1 atom stereocenters. The summed E-state index contributed by atoms with van der Waals surface area (Å²) in [5.74, 6) is -0.326. The quantitative estimate of drug-likeness (QED) is 0.815. The average molecular weight is 284 g/mol. The molecule has 1 saturated heterocycles. The summed E-state index contributed by atoms with van der Waals surface area (Å²) in [6.07, 6.45) is 1.69. The van der Waals surface area contributed by atoms with Gasteiger partial charge < -0.3 is 16.0 Å². The Bertz CT molecular complexity index is 463. The molecule has 4 nitrogen and oxygen atoms in total. The van der Waals surface area contributed by atoms with E-state index in [-0.39, 0.29) is 11.9 Å². The van der Waals surface area contributed by atoms with Gasteiger partial charge in [-0.3, -0.25) is 4.79 Å². The summed E-state index contributed by atoms with van der Waals surface area (Å²) in [5, 5.41) is 4.28. The van der Waals surface area contributed by atoms with Crippen LogP contribution in [-0.2, 0) is 4.79 Å². The number of carbonyl (C=O) groups is 1. The van der Waals surface area contributed by atoms with E-state index in [1.54, 1.807) is 12.1 Å². The lowest BCUT2D eigenvalue weighted by Crippen LogP contribution is -2.45. The van der Waals surface area contributed by atoms with Gasteiger partial charge in [-0.05, 0) is 49.3 Å². The van der Waals surface area contributed by atoms with E-state index in [0.29, 0.717) is 10.1 Å². The van der Waals surface area contributed by atoms with Crippen molar-refractivity contribution in [2.24, 2.45) is 5.73 Å². The van der Waals surface area contributed by atoms with Gasteiger partial charge in [-0.25, -0.2) is 0 Å². The van der Waals surface area contributed by atoms with E-state index in [4.69, 9.17) is 29.6 Å². The van der Waals surface area contributed by atoms with Crippen LogP contribution in [0.25, 0.3) is 0 Å². The molecule has 0 radical (unpaired) electrons. The van der Waals surface area contributed by atoms with Gasteiger partial charge in [-0.2, -0.15) is 0 Å². The lowest BCUT2D eigenvalue weighted by Gasteiger charge is -2.25. The number of amides is 1. The van der Waals surface area contributed by atoms with Crippen molar-refractivity contribution in [1.29, 1.82) is 0 Å². The molecule has 6 heteroatoms. The molecule has 1 aliphatic heterocycles. The molecule has 1 amide bonds. The van der Waals surface area contributed by atoms with Crippen LogP contribution in [0.5, 0.6) is 0 Å². The van der Waals surface area contributed by atoms with E-state index in [9.17, 15) is 4.79 Å². The van der Waals surface area contributed by atoms with Crippen molar-refractivity contribution in [2.75, 3.05) is 11.9 Å². The van der Waals surface area contributed by atoms with Crippen molar-refractivity contribution in [1.82, 2.24) is 4.90 Å². The number of thiocarbonyl (C=S) groups is 1. The van der Waals surface area contributed by atoms with Crippen molar-refractivity contribution in [2.45, 2.75) is 18.9 Å². The van der Waals surface area contributed by atoms with E-state index in [1.165, 1.54) is 0 Å². The number of nitrogens with one attached hydrogen (secondary N) is 1. The third-order valence-corrected chi connectivity index (χ3v) is 3.53. The number of carbonyl (C=O) groups excluding carboxylic acids is 1. The fraction of sp³-hybridized carbons (Fsp3) is 0.333. The average Bonchev–Trinajstić information content (AvgIpc) is 2.81. The normalized spacial score (nSPS) is 18.7. The van der Waals surface area contributed by atoms with Crippen molar-refractivity contribution >= 4 is 40.5 Å². The fourth-order valence-electron chi connectivity index (χ4n) is 2.03. The van der Waals surface area contributed by atoms with Crippen LogP contribution in [0.1, 0.15) is 12.8 Å². The maximum absolute atomic E-state index is 11.3. The van der Waals surface area contributed by atoms with Crippen molar-refractivity contribution in [3.05, 3.63) is 29.3 Å². The first kappa shape index (κ1) is 13.1. The van der Waals surface area contributed by atoms with E-state index in [2.05, 4.69) is 5.32 Å². The zero-order valence-corrected chi connectivity index (χ0v) is 11.3. The summed E-state index contributed by atoms with van der Waals surface area (Å²) < 4.78 is 0. The molecule has 2 rings (SSSR count). The first-order valence-corrected chi connectivity index (χ1v) is 6.49. The van der Waals surface area contributed by atoms with Gasteiger partial charge in [0.05, 0.1) is 0 Å². The van der Waals surface area contributed by atoms with Gasteiger partial charge in [0.1, 0.15) is 6.04 Å². The first-order valence-electron chi connectivity index (χ1n) is 5.70. The van der Waals surface area contributed by atoms with Gasteiger partial charge in [-0.1, -0.05) is 11.6 Å². The van der Waals surface area contributed by atoms with Crippen LogP contribution in [0.3, 0.4) is 0 Å². The number of nitrogens with zero attached hydrogens (tertiary/aromatic N) is 1. The summed E-state index contributed by atoms with van der Waals surface area (Å²) in [5.41, 5.74) is 6.20. The van der Waals surface area contributed by atoms with Crippen LogP contribution in [0, 0.1) is 0 Å². The number of halogens is 1. The van der Waals surface area contributed by atoms with Crippen molar-refractivity contribution in [3.8, 4) is 0 Å². The maximum atomic E-state index is 11.3. The molecule has 0 saturated carbocycles. The topological polar surface area (TPSA) is 58.4 Å². The van der Waals surface area contributed by atoms with Gasteiger partial charge in [0.25, 0.3) is 0 Å². The summed E-state index contributed by atoms with van der Waals surface area (Å²) in [6.45, 7) is 0.757. The molecular weight excluding hydrogens is 270 g/mol. The molecule has 0 spiro atoms. The third kappa shape index (κ3) is 2.91. The van der Waals surface area contributed by atoms with Crippen LogP contribution in [-0.4, -0.2) is 28.5 Å². The lowest BCUT2D eigenvalue weighted by atomic mass is 10.2. The minimum Gasteiger partial charge on any atom is -0.368 e. The second-order valence-electron chi connectivity index (χ2n) is 4.19. The van der Waals surface area contributed by atoms with E-state index in [1.807, 2.05) is 17.0 Å². The molecule has 18 heavy (non-hydrogen) atoms. The van der Waals surface area contributed by atoms with E-state index >= 15 is 0 Å². The van der Waals surface area contributed by atoms with E-state index in [0.717, 1.165) is 25.1 Å². The first-order chi connectivity index (χ1) is 8.58. The van der Waals surface area contributed by atoms with Crippen molar-refractivity contribution in [3.63, 3.8) is 0 Å². The smallest absolute Gasteiger partial charge is 0.240 e. The molecule has 1 aromatic carbocycles. The highest BCUT2D eigenvalue weighted by molar-refractivity contribution is 7.80. The molecule has 0 aliphatic carbocycles. The van der Waals surface area contributed by atoms with Crippen LogP contribution in [0.4, 0.5) is 5.69 Å². The predicted octanol–water partition coefficient (Wildman–Crippen LogP) is 1.99. The Balaban J connectivity index is 2.03. The number of primary amides is 1. The SMILES string of the molecule is NC(=O)[C@H]1CCCN1C(=S)Nc1ccc(Cl)cc1. The number of rotatable bonds is 2. The summed E-state index contributed by atoms with van der Waals surface area (Å²) >= 11 is 11.1. The molecular formula is C12H14ClN3OS. The zero-order valence-electron chi connectivity index (χ0n) is 9.73. The Morgan fingerprint density at radius 1 is 1.44 bits per heavy atom. The van der Waals surface area contributed by atoms with E-state index < -0.39 is 0 Å². The molecule has 1 aromatic rings. The number of hydrogen-bond acceptors (Lipinski definition) is 2. The van der Waals surface area contributed by atoms with Crippen LogP contribution >= 0.6 is 23.8 Å². The van der Waals surface area contributed by atoms with Crippen LogP contribution in [0.15, 0.2) is 24.3 Å².